The van der Waals surface area contributed by atoms with Crippen molar-refractivity contribution in [3.8, 4) is 11.3 Å². The van der Waals surface area contributed by atoms with E-state index in [0.717, 1.165) is 28.4 Å². The van der Waals surface area contributed by atoms with Gasteiger partial charge in [0.25, 0.3) is 5.91 Å². The maximum absolute atomic E-state index is 12.5. The Morgan fingerprint density at radius 2 is 1.78 bits per heavy atom. The van der Waals surface area contributed by atoms with Gasteiger partial charge in [0, 0.05) is 41.9 Å². The van der Waals surface area contributed by atoms with E-state index in [2.05, 4.69) is 15.3 Å². The van der Waals surface area contributed by atoms with E-state index >= 15 is 0 Å². The SMILES string of the molecule is O=C(NCCCc1nc(-c2ccncc2)cs1)c1ccc(C(F)(F)F)cc1. The number of aryl methyl sites for hydroxylation is 1. The molecular formula is C19H16F3N3OS. The van der Waals surface area contributed by atoms with E-state index in [1.54, 1.807) is 23.7 Å². The number of amides is 1. The van der Waals surface area contributed by atoms with Crippen LogP contribution in [0.4, 0.5) is 13.2 Å². The van der Waals surface area contributed by atoms with Crippen LogP contribution < -0.4 is 5.32 Å². The Morgan fingerprint density at radius 3 is 2.44 bits per heavy atom. The molecule has 3 rings (SSSR count). The summed E-state index contributed by atoms with van der Waals surface area (Å²) < 4.78 is 37.6. The summed E-state index contributed by atoms with van der Waals surface area (Å²) in [7, 11) is 0. The molecule has 1 N–H and O–H groups in total. The second-order valence-corrected chi connectivity index (χ2v) is 6.74. The van der Waals surface area contributed by atoms with Gasteiger partial charge in [-0.25, -0.2) is 4.98 Å². The summed E-state index contributed by atoms with van der Waals surface area (Å²) in [4.78, 5) is 20.5. The molecule has 0 unspecified atom stereocenters. The minimum atomic E-state index is -4.40. The maximum Gasteiger partial charge on any atom is 0.416 e. The van der Waals surface area contributed by atoms with E-state index in [1.165, 1.54) is 12.1 Å². The summed E-state index contributed by atoms with van der Waals surface area (Å²) in [6, 6.07) is 7.96. The van der Waals surface area contributed by atoms with Crippen LogP contribution in [0.15, 0.2) is 54.2 Å². The summed E-state index contributed by atoms with van der Waals surface area (Å²) in [5, 5.41) is 5.66. The van der Waals surface area contributed by atoms with Crippen LogP contribution in [0.5, 0.6) is 0 Å². The van der Waals surface area contributed by atoms with Crippen molar-refractivity contribution in [2.24, 2.45) is 0 Å². The third kappa shape index (κ3) is 5.13. The molecule has 0 aliphatic carbocycles. The zero-order valence-electron chi connectivity index (χ0n) is 14.2. The van der Waals surface area contributed by atoms with Crippen LogP contribution in [-0.2, 0) is 12.6 Å². The number of halogens is 3. The number of nitrogens with one attached hydrogen (secondary N) is 1. The first-order chi connectivity index (χ1) is 12.9. The highest BCUT2D eigenvalue weighted by Gasteiger charge is 2.30. The molecule has 27 heavy (non-hydrogen) atoms. The number of benzene rings is 1. The number of carbonyl (C=O) groups excluding carboxylic acids is 1. The van der Waals surface area contributed by atoms with Gasteiger partial charge in [0.1, 0.15) is 0 Å². The van der Waals surface area contributed by atoms with Crippen LogP contribution in [0.1, 0.15) is 27.3 Å². The minimum absolute atomic E-state index is 0.206. The zero-order chi connectivity index (χ0) is 19.3. The van der Waals surface area contributed by atoms with Crippen molar-refractivity contribution in [3.63, 3.8) is 0 Å². The molecule has 0 bridgehead atoms. The van der Waals surface area contributed by atoms with E-state index in [-0.39, 0.29) is 11.5 Å². The molecule has 140 valence electrons. The van der Waals surface area contributed by atoms with Crippen LogP contribution in [0.25, 0.3) is 11.3 Å². The first-order valence-electron chi connectivity index (χ1n) is 8.24. The smallest absolute Gasteiger partial charge is 0.352 e. The highest BCUT2D eigenvalue weighted by Crippen LogP contribution is 2.29. The molecule has 2 heterocycles. The molecule has 4 nitrogen and oxygen atoms in total. The fourth-order valence-electron chi connectivity index (χ4n) is 2.44. The number of carbonyl (C=O) groups is 1. The molecule has 3 aromatic rings. The van der Waals surface area contributed by atoms with E-state index < -0.39 is 11.7 Å². The lowest BCUT2D eigenvalue weighted by atomic mass is 10.1. The fraction of sp³-hybridized carbons (Fsp3) is 0.211. The van der Waals surface area contributed by atoms with Crippen LogP contribution in [0, 0.1) is 0 Å². The summed E-state index contributed by atoms with van der Waals surface area (Å²) >= 11 is 1.55. The molecular weight excluding hydrogens is 375 g/mol. The van der Waals surface area contributed by atoms with Crippen LogP contribution in [-0.4, -0.2) is 22.4 Å². The molecule has 1 amide bonds. The predicted molar refractivity (Wildman–Crippen MR) is 97.4 cm³/mol. The van der Waals surface area contributed by atoms with Gasteiger partial charge < -0.3 is 5.32 Å². The summed E-state index contributed by atoms with van der Waals surface area (Å²) in [5.41, 5.74) is 1.33. The van der Waals surface area contributed by atoms with E-state index in [4.69, 9.17) is 0 Å². The highest BCUT2D eigenvalue weighted by molar-refractivity contribution is 7.09. The maximum atomic E-state index is 12.5. The van der Waals surface area contributed by atoms with Gasteiger partial charge in [-0.1, -0.05) is 0 Å². The predicted octanol–water partition coefficient (Wildman–Crippen LogP) is 4.59. The van der Waals surface area contributed by atoms with Crippen molar-refractivity contribution < 1.29 is 18.0 Å². The lowest BCUT2D eigenvalue weighted by Crippen LogP contribution is -2.24. The monoisotopic (exact) mass is 391 g/mol. The molecule has 1 aromatic carbocycles. The Labute approximate surface area is 158 Å². The molecule has 0 saturated heterocycles. The van der Waals surface area contributed by atoms with Crippen LogP contribution in [0.2, 0.25) is 0 Å². The Morgan fingerprint density at radius 1 is 1.07 bits per heavy atom. The molecule has 2 aromatic heterocycles. The number of aromatic nitrogens is 2. The first kappa shape index (κ1) is 19.0. The normalized spacial score (nSPS) is 11.4. The van der Waals surface area contributed by atoms with Gasteiger partial charge in [-0.3, -0.25) is 9.78 Å². The molecule has 0 fully saturated rings. The van der Waals surface area contributed by atoms with Crippen molar-refractivity contribution in [2.45, 2.75) is 19.0 Å². The van der Waals surface area contributed by atoms with Gasteiger partial charge in [-0.05, 0) is 42.8 Å². The molecule has 0 radical (unpaired) electrons. The number of pyridine rings is 1. The summed E-state index contributed by atoms with van der Waals surface area (Å²) in [6.45, 7) is 0.421. The number of nitrogens with zero attached hydrogens (tertiary/aromatic N) is 2. The third-order valence-electron chi connectivity index (χ3n) is 3.86. The second kappa shape index (κ2) is 8.30. The average Bonchev–Trinajstić information content (AvgIpc) is 3.14. The van der Waals surface area contributed by atoms with Gasteiger partial charge in [0.2, 0.25) is 0 Å². The quantitative estimate of drug-likeness (QED) is 0.626. The number of alkyl halides is 3. The average molecular weight is 391 g/mol. The summed E-state index contributed by atoms with van der Waals surface area (Å²) in [5.74, 6) is -0.389. The Bertz CT molecular complexity index is 893. The van der Waals surface area contributed by atoms with E-state index in [9.17, 15) is 18.0 Å². The Hall–Kier alpha value is -2.74. The third-order valence-corrected chi connectivity index (χ3v) is 4.76. The van der Waals surface area contributed by atoms with Crippen molar-refractivity contribution in [2.75, 3.05) is 6.54 Å². The second-order valence-electron chi connectivity index (χ2n) is 5.80. The van der Waals surface area contributed by atoms with E-state index in [0.29, 0.717) is 19.4 Å². The molecule has 0 saturated carbocycles. The van der Waals surface area contributed by atoms with Crippen molar-refractivity contribution in [3.05, 3.63) is 70.3 Å². The van der Waals surface area contributed by atoms with Gasteiger partial charge in [-0.2, -0.15) is 13.2 Å². The van der Waals surface area contributed by atoms with Gasteiger partial charge in [0.15, 0.2) is 0 Å². The Balaban J connectivity index is 1.46. The molecule has 0 spiro atoms. The minimum Gasteiger partial charge on any atom is -0.352 e. The Kier molecular flexibility index (Phi) is 5.85. The molecule has 0 aliphatic rings. The van der Waals surface area contributed by atoms with Crippen molar-refractivity contribution in [1.82, 2.24) is 15.3 Å². The fourth-order valence-corrected chi connectivity index (χ4v) is 3.28. The van der Waals surface area contributed by atoms with Crippen molar-refractivity contribution >= 4 is 17.2 Å². The zero-order valence-corrected chi connectivity index (χ0v) is 15.0. The van der Waals surface area contributed by atoms with Crippen molar-refractivity contribution in [1.29, 1.82) is 0 Å². The van der Waals surface area contributed by atoms with Gasteiger partial charge >= 0.3 is 6.18 Å². The molecule has 0 aliphatic heterocycles. The number of rotatable bonds is 6. The van der Waals surface area contributed by atoms with Gasteiger partial charge in [-0.15, -0.1) is 11.3 Å². The number of thiazole rings is 1. The topological polar surface area (TPSA) is 54.9 Å². The van der Waals surface area contributed by atoms with Gasteiger partial charge in [0.05, 0.1) is 16.3 Å². The van der Waals surface area contributed by atoms with E-state index in [1.807, 2.05) is 17.5 Å². The first-order valence-corrected chi connectivity index (χ1v) is 9.12. The highest BCUT2D eigenvalue weighted by atomic mass is 32.1. The largest absolute Gasteiger partial charge is 0.416 e. The number of hydrogen-bond acceptors (Lipinski definition) is 4. The summed E-state index contributed by atoms with van der Waals surface area (Å²) in [6.07, 6.45) is 0.423. The molecule has 0 atom stereocenters. The molecule has 8 heteroatoms. The number of hydrogen-bond donors (Lipinski definition) is 1. The van der Waals surface area contributed by atoms with Crippen LogP contribution >= 0.6 is 11.3 Å². The van der Waals surface area contributed by atoms with Crippen LogP contribution in [0.3, 0.4) is 0 Å². The standard InChI is InChI=1S/C19H16F3N3OS/c20-19(21,22)15-5-3-14(4-6-15)18(26)24-9-1-2-17-25-16(12-27-17)13-7-10-23-11-8-13/h3-8,10-12H,1-2,9H2,(H,24,26). The lowest BCUT2D eigenvalue weighted by molar-refractivity contribution is -0.137. The lowest BCUT2D eigenvalue weighted by Gasteiger charge is -2.08.